The van der Waals surface area contributed by atoms with Crippen LogP contribution in [0.15, 0.2) is 0 Å². The van der Waals surface area contributed by atoms with Crippen molar-refractivity contribution < 1.29 is 9.47 Å². The van der Waals surface area contributed by atoms with Gasteiger partial charge in [-0.15, -0.1) is 6.42 Å². The molecule has 0 aliphatic rings. The van der Waals surface area contributed by atoms with E-state index >= 15 is 0 Å². The molecule has 0 radical (unpaired) electrons. The predicted octanol–water partition coefficient (Wildman–Crippen LogP) is 0.651. The molecule has 0 spiro atoms. The minimum Gasteiger partial charge on any atom is -0.385 e. The first-order chi connectivity index (χ1) is 6.31. The molecule has 1 N–H and O–H groups in total. The van der Waals surface area contributed by atoms with Gasteiger partial charge in [0, 0.05) is 26.9 Å². The summed E-state index contributed by atoms with van der Waals surface area (Å²) in [5.41, 5.74) is 0. The molecule has 0 fully saturated rings. The van der Waals surface area contributed by atoms with Crippen LogP contribution >= 0.6 is 0 Å². The van der Waals surface area contributed by atoms with Crippen molar-refractivity contribution in [1.29, 1.82) is 0 Å². The van der Waals surface area contributed by atoms with Gasteiger partial charge < -0.3 is 14.8 Å². The Hall–Kier alpha value is -0.560. The van der Waals surface area contributed by atoms with Gasteiger partial charge in [-0.25, -0.2) is 0 Å². The van der Waals surface area contributed by atoms with Gasteiger partial charge in [-0.2, -0.15) is 0 Å². The average Bonchev–Trinajstić information content (AvgIpc) is 2.16. The summed E-state index contributed by atoms with van der Waals surface area (Å²) in [7, 11) is 1.69. The molecule has 0 aromatic heterocycles. The second-order valence-corrected chi connectivity index (χ2v) is 2.80. The van der Waals surface area contributed by atoms with Crippen LogP contribution in [-0.2, 0) is 9.47 Å². The second-order valence-electron chi connectivity index (χ2n) is 2.80. The van der Waals surface area contributed by atoms with Gasteiger partial charge in [-0.3, -0.25) is 0 Å². The van der Waals surface area contributed by atoms with Crippen LogP contribution in [-0.4, -0.2) is 39.5 Å². The molecule has 1 unspecified atom stereocenters. The number of ether oxygens (including phenoxy) is 2. The van der Waals surface area contributed by atoms with Crippen LogP contribution in [0.5, 0.6) is 0 Å². The number of hydrogen-bond donors (Lipinski definition) is 1. The van der Waals surface area contributed by atoms with Gasteiger partial charge in [-0.1, -0.05) is 5.92 Å². The van der Waals surface area contributed by atoms with Gasteiger partial charge in [0.1, 0.15) is 0 Å². The van der Waals surface area contributed by atoms with E-state index in [4.69, 9.17) is 15.9 Å². The van der Waals surface area contributed by atoms with Crippen molar-refractivity contribution >= 4 is 0 Å². The summed E-state index contributed by atoms with van der Waals surface area (Å²) >= 11 is 0. The van der Waals surface area contributed by atoms with Crippen molar-refractivity contribution in [3.05, 3.63) is 0 Å². The summed E-state index contributed by atoms with van der Waals surface area (Å²) in [6.07, 6.45) is 6.13. The Morgan fingerprint density at radius 2 is 2.15 bits per heavy atom. The topological polar surface area (TPSA) is 30.5 Å². The predicted molar refractivity (Wildman–Crippen MR) is 53.6 cm³/mol. The monoisotopic (exact) mass is 185 g/mol. The van der Waals surface area contributed by atoms with E-state index in [1.165, 1.54) is 0 Å². The lowest BCUT2D eigenvalue weighted by Gasteiger charge is -2.07. The first kappa shape index (κ1) is 12.4. The average molecular weight is 185 g/mol. The smallest absolute Gasteiger partial charge is 0.0659 e. The normalized spacial score (nSPS) is 12.4. The minimum absolute atomic E-state index is 0.127. The lowest BCUT2D eigenvalue weighted by Crippen LogP contribution is -2.28. The summed E-state index contributed by atoms with van der Waals surface area (Å²) in [6, 6.07) is 0.127. The van der Waals surface area contributed by atoms with Gasteiger partial charge in [0.2, 0.25) is 0 Å². The molecule has 13 heavy (non-hydrogen) atoms. The molecule has 0 heterocycles. The maximum Gasteiger partial charge on any atom is 0.0659 e. The zero-order valence-corrected chi connectivity index (χ0v) is 8.51. The molecule has 0 aliphatic carbocycles. The third kappa shape index (κ3) is 9.35. The van der Waals surface area contributed by atoms with E-state index in [1.54, 1.807) is 7.11 Å². The molecule has 0 amide bonds. The highest BCUT2D eigenvalue weighted by molar-refractivity contribution is 4.95. The van der Waals surface area contributed by atoms with Crippen LogP contribution in [0.3, 0.4) is 0 Å². The van der Waals surface area contributed by atoms with E-state index in [0.29, 0.717) is 6.61 Å². The van der Waals surface area contributed by atoms with Crippen molar-refractivity contribution in [3.8, 4) is 12.3 Å². The summed E-state index contributed by atoms with van der Waals surface area (Å²) in [5.74, 6) is 2.59. The number of terminal acetylenes is 1. The van der Waals surface area contributed by atoms with Crippen LogP contribution < -0.4 is 5.32 Å². The van der Waals surface area contributed by atoms with Crippen molar-refractivity contribution in [2.45, 2.75) is 19.4 Å². The molecular weight excluding hydrogens is 166 g/mol. The van der Waals surface area contributed by atoms with E-state index in [9.17, 15) is 0 Å². The number of methoxy groups -OCH3 is 1. The maximum absolute atomic E-state index is 5.32. The van der Waals surface area contributed by atoms with E-state index in [0.717, 1.165) is 26.2 Å². The summed E-state index contributed by atoms with van der Waals surface area (Å²) in [4.78, 5) is 0. The van der Waals surface area contributed by atoms with Crippen molar-refractivity contribution in [3.63, 3.8) is 0 Å². The molecule has 0 bridgehead atoms. The Labute approximate surface area is 80.8 Å². The highest BCUT2D eigenvalue weighted by atomic mass is 16.5. The fourth-order valence-corrected chi connectivity index (χ4v) is 0.814. The molecule has 76 valence electrons. The number of nitrogens with one attached hydrogen (secondary N) is 1. The molecule has 1 atom stereocenters. The Balaban J connectivity index is 2.96. The van der Waals surface area contributed by atoms with Gasteiger partial charge >= 0.3 is 0 Å². The Kier molecular flexibility index (Phi) is 9.12. The highest BCUT2D eigenvalue weighted by Crippen LogP contribution is 1.83. The minimum atomic E-state index is 0.127. The third-order valence-corrected chi connectivity index (χ3v) is 1.58. The molecule has 3 nitrogen and oxygen atoms in total. The Morgan fingerprint density at radius 1 is 1.38 bits per heavy atom. The standard InChI is InChI=1S/C10H19NO2/c1-4-10(2)11-6-9-13-8-5-7-12-3/h1,10-11H,5-9H2,2-3H3. The van der Waals surface area contributed by atoms with Gasteiger partial charge in [0.25, 0.3) is 0 Å². The lowest BCUT2D eigenvalue weighted by molar-refractivity contribution is 0.104. The molecule has 0 aliphatic heterocycles. The quantitative estimate of drug-likeness (QED) is 0.445. The van der Waals surface area contributed by atoms with Crippen LogP contribution in [0.4, 0.5) is 0 Å². The van der Waals surface area contributed by atoms with E-state index in [2.05, 4.69) is 11.2 Å². The first-order valence-corrected chi connectivity index (χ1v) is 4.57. The number of hydrogen-bond acceptors (Lipinski definition) is 3. The largest absolute Gasteiger partial charge is 0.385 e. The molecule has 0 rings (SSSR count). The maximum atomic E-state index is 5.32. The van der Waals surface area contributed by atoms with Crippen molar-refractivity contribution in [1.82, 2.24) is 5.32 Å². The Morgan fingerprint density at radius 3 is 2.77 bits per heavy atom. The molecule has 3 heteroatoms. The number of rotatable bonds is 8. The van der Waals surface area contributed by atoms with Crippen molar-refractivity contribution in [2.24, 2.45) is 0 Å². The molecule has 0 saturated heterocycles. The van der Waals surface area contributed by atoms with Gasteiger partial charge in [0.05, 0.1) is 12.6 Å². The molecular formula is C10H19NO2. The summed E-state index contributed by atoms with van der Waals surface area (Å²) in [5, 5.41) is 3.13. The Bertz CT molecular complexity index is 142. The third-order valence-electron chi connectivity index (χ3n) is 1.58. The van der Waals surface area contributed by atoms with E-state index in [1.807, 2.05) is 6.92 Å². The molecule has 0 aromatic carbocycles. The fraction of sp³-hybridized carbons (Fsp3) is 0.800. The molecule has 0 saturated carbocycles. The van der Waals surface area contributed by atoms with E-state index in [-0.39, 0.29) is 6.04 Å². The van der Waals surface area contributed by atoms with E-state index < -0.39 is 0 Å². The lowest BCUT2D eigenvalue weighted by atomic mass is 10.3. The summed E-state index contributed by atoms with van der Waals surface area (Å²) < 4.78 is 10.2. The van der Waals surface area contributed by atoms with Crippen LogP contribution in [0.2, 0.25) is 0 Å². The van der Waals surface area contributed by atoms with Crippen LogP contribution in [0.25, 0.3) is 0 Å². The zero-order chi connectivity index (χ0) is 9.94. The van der Waals surface area contributed by atoms with Gasteiger partial charge in [-0.05, 0) is 13.3 Å². The fourth-order valence-electron chi connectivity index (χ4n) is 0.814. The first-order valence-electron chi connectivity index (χ1n) is 4.57. The summed E-state index contributed by atoms with van der Waals surface area (Å²) in [6.45, 7) is 4.97. The highest BCUT2D eigenvalue weighted by Gasteiger charge is 1.93. The second kappa shape index (κ2) is 9.53. The molecule has 0 aromatic rings. The van der Waals surface area contributed by atoms with Gasteiger partial charge in [0.15, 0.2) is 0 Å². The van der Waals surface area contributed by atoms with Crippen LogP contribution in [0.1, 0.15) is 13.3 Å². The van der Waals surface area contributed by atoms with Crippen LogP contribution in [0, 0.1) is 12.3 Å². The zero-order valence-electron chi connectivity index (χ0n) is 8.51. The SMILES string of the molecule is C#CC(C)NCCOCCCOC. The van der Waals surface area contributed by atoms with Crippen molar-refractivity contribution in [2.75, 3.05) is 33.5 Å².